The van der Waals surface area contributed by atoms with Crippen LogP contribution in [0.3, 0.4) is 0 Å². The van der Waals surface area contributed by atoms with Crippen LogP contribution in [-0.4, -0.2) is 15.4 Å². The van der Waals surface area contributed by atoms with E-state index in [4.69, 9.17) is 0 Å². The summed E-state index contributed by atoms with van der Waals surface area (Å²) in [7, 11) is 0. The lowest BCUT2D eigenvalue weighted by molar-refractivity contribution is 0.642. The van der Waals surface area contributed by atoms with Crippen molar-refractivity contribution in [2.45, 2.75) is 37.3 Å². The SMILES string of the molecule is Cc1nnc(SC(C)C(C)C)s1. The number of aryl methyl sites for hydroxylation is 1. The molecule has 0 fully saturated rings. The standard InChI is InChI=1S/C8H14N2S2/c1-5(2)6(3)11-8-10-9-7(4)12-8/h5-6H,1-4H3. The van der Waals surface area contributed by atoms with E-state index in [-0.39, 0.29) is 0 Å². The molecule has 0 spiro atoms. The molecule has 0 aliphatic heterocycles. The first-order valence-electron chi connectivity index (χ1n) is 4.06. The van der Waals surface area contributed by atoms with Gasteiger partial charge in [-0.3, -0.25) is 0 Å². The summed E-state index contributed by atoms with van der Waals surface area (Å²) in [5.41, 5.74) is 0. The zero-order chi connectivity index (χ0) is 9.14. The first kappa shape index (κ1) is 9.99. The lowest BCUT2D eigenvalue weighted by Gasteiger charge is -2.11. The molecule has 2 nitrogen and oxygen atoms in total. The maximum absolute atomic E-state index is 4.07. The molecule has 1 unspecified atom stereocenters. The van der Waals surface area contributed by atoms with Gasteiger partial charge in [0.25, 0.3) is 0 Å². The van der Waals surface area contributed by atoms with E-state index in [0.29, 0.717) is 11.2 Å². The first-order chi connectivity index (χ1) is 5.59. The van der Waals surface area contributed by atoms with Gasteiger partial charge in [0.15, 0.2) is 4.34 Å². The van der Waals surface area contributed by atoms with Gasteiger partial charge in [-0.2, -0.15) is 0 Å². The van der Waals surface area contributed by atoms with Crippen LogP contribution in [-0.2, 0) is 0 Å². The Labute approximate surface area is 81.8 Å². The molecule has 0 bridgehead atoms. The summed E-state index contributed by atoms with van der Waals surface area (Å²) in [6.07, 6.45) is 0. The summed E-state index contributed by atoms with van der Waals surface area (Å²) < 4.78 is 1.09. The number of rotatable bonds is 3. The molecule has 1 aromatic rings. The Morgan fingerprint density at radius 2 is 1.92 bits per heavy atom. The molecule has 0 aliphatic carbocycles. The van der Waals surface area contributed by atoms with Crippen molar-refractivity contribution in [3.8, 4) is 0 Å². The highest BCUT2D eigenvalue weighted by Gasteiger charge is 2.11. The van der Waals surface area contributed by atoms with E-state index in [9.17, 15) is 0 Å². The van der Waals surface area contributed by atoms with Gasteiger partial charge in [-0.05, 0) is 12.8 Å². The molecule has 0 radical (unpaired) electrons. The molecule has 1 rings (SSSR count). The van der Waals surface area contributed by atoms with E-state index >= 15 is 0 Å². The molecule has 0 aliphatic rings. The topological polar surface area (TPSA) is 25.8 Å². The van der Waals surface area contributed by atoms with Crippen molar-refractivity contribution >= 4 is 23.1 Å². The number of hydrogen-bond acceptors (Lipinski definition) is 4. The quantitative estimate of drug-likeness (QED) is 0.705. The lowest BCUT2D eigenvalue weighted by Crippen LogP contribution is -2.04. The van der Waals surface area contributed by atoms with Crippen molar-refractivity contribution in [3.63, 3.8) is 0 Å². The van der Waals surface area contributed by atoms with Crippen LogP contribution in [0.2, 0.25) is 0 Å². The van der Waals surface area contributed by atoms with E-state index in [2.05, 4.69) is 31.0 Å². The predicted octanol–water partition coefficient (Wildman–Crippen LogP) is 2.98. The van der Waals surface area contributed by atoms with Crippen molar-refractivity contribution in [2.24, 2.45) is 5.92 Å². The fourth-order valence-corrected chi connectivity index (χ4v) is 2.72. The third-order valence-electron chi connectivity index (χ3n) is 1.73. The fourth-order valence-electron chi connectivity index (χ4n) is 0.621. The van der Waals surface area contributed by atoms with Gasteiger partial charge < -0.3 is 0 Å². The minimum atomic E-state index is 0.623. The summed E-state index contributed by atoms with van der Waals surface area (Å²) in [5.74, 6) is 0.694. The van der Waals surface area contributed by atoms with Crippen molar-refractivity contribution in [2.75, 3.05) is 0 Å². The summed E-state index contributed by atoms with van der Waals surface area (Å²) in [6, 6.07) is 0. The Bertz CT molecular complexity index is 245. The molecular formula is C8H14N2S2. The molecule has 12 heavy (non-hydrogen) atoms. The maximum Gasteiger partial charge on any atom is 0.174 e. The second kappa shape index (κ2) is 4.23. The molecule has 1 atom stereocenters. The summed E-state index contributed by atoms with van der Waals surface area (Å²) in [4.78, 5) is 0. The van der Waals surface area contributed by atoms with Gasteiger partial charge in [0, 0.05) is 5.25 Å². The monoisotopic (exact) mass is 202 g/mol. The van der Waals surface area contributed by atoms with Gasteiger partial charge in [-0.1, -0.05) is 43.9 Å². The zero-order valence-electron chi connectivity index (χ0n) is 7.87. The smallest absolute Gasteiger partial charge is 0.143 e. The van der Waals surface area contributed by atoms with E-state index in [1.165, 1.54) is 0 Å². The van der Waals surface area contributed by atoms with Crippen LogP contribution in [0.5, 0.6) is 0 Å². The van der Waals surface area contributed by atoms with Crippen LogP contribution in [0.1, 0.15) is 25.8 Å². The number of nitrogens with zero attached hydrogens (tertiary/aromatic N) is 2. The maximum atomic E-state index is 4.07. The van der Waals surface area contributed by atoms with E-state index in [0.717, 1.165) is 9.35 Å². The number of aromatic nitrogens is 2. The molecule has 0 N–H and O–H groups in total. The normalized spacial score (nSPS) is 13.8. The third kappa shape index (κ3) is 2.75. The number of hydrogen-bond donors (Lipinski definition) is 0. The van der Waals surface area contributed by atoms with Crippen LogP contribution >= 0.6 is 23.1 Å². The van der Waals surface area contributed by atoms with E-state index in [1.54, 1.807) is 11.3 Å². The Kier molecular flexibility index (Phi) is 3.53. The highest BCUT2D eigenvalue weighted by molar-refractivity contribution is 8.01. The molecule has 68 valence electrons. The van der Waals surface area contributed by atoms with Crippen LogP contribution in [0.4, 0.5) is 0 Å². The molecule has 0 aromatic carbocycles. The highest BCUT2D eigenvalue weighted by atomic mass is 32.2. The first-order valence-corrected chi connectivity index (χ1v) is 5.76. The van der Waals surface area contributed by atoms with Crippen molar-refractivity contribution < 1.29 is 0 Å². The van der Waals surface area contributed by atoms with Crippen molar-refractivity contribution in [3.05, 3.63) is 5.01 Å². The number of thioether (sulfide) groups is 1. The minimum Gasteiger partial charge on any atom is -0.143 e. The average Bonchev–Trinajstić information content (AvgIpc) is 2.35. The van der Waals surface area contributed by atoms with Crippen LogP contribution in [0.15, 0.2) is 4.34 Å². The molecule has 0 saturated heterocycles. The second-order valence-corrected chi connectivity index (χ2v) is 5.96. The lowest BCUT2D eigenvalue weighted by atomic mass is 10.2. The van der Waals surface area contributed by atoms with Crippen LogP contribution in [0.25, 0.3) is 0 Å². The van der Waals surface area contributed by atoms with Gasteiger partial charge in [-0.25, -0.2) is 0 Å². The second-order valence-electron chi connectivity index (χ2n) is 3.15. The van der Waals surface area contributed by atoms with Crippen LogP contribution in [0, 0.1) is 12.8 Å². The predicted molar refractivity (Wildman–Crippen MR) is 54.8 cm³/mol. The van der Waals surface area contributed by atoms with Crippen molar-refractivity contribution in [1.82, 2.24) is 10.2 Å². The molecule has 0 amide bonds. The third-order valence-corrected chi connectivity index (χ3v) is 4.10. The zero-order valence-corrected chi connectivity index (χ0v) is 9.50. The fraction of sp³-hybridized carbons (Fsp3) is 0.750. The molecule has 0 saturated carbocycles. The van der Waals surface area contributed by atoms with Crippen LogP contribution < -0.4 is 0 Å². The Morgan fingerprint density at radius 1 is 1.25 bits per heavy atom. The minimum absolute atomic E-state index is 0.623. The summed E-state index contributed by atoms with van der Waals surface area (Å²) in [5, 5.41) is 9.72. The van der Waals surface area contributed by atoms with Crippen molar-refractivity contribution in [1.29, 1.82) is 0 Å². The van der Waals surface area contributed by atoms with Gasteiger partial charge >= 0.3 is 0 Å². The van der Waals surface area contributed by atoms with Gasteiger partial charge in [0.05, 0.1) is 0 Å². The molecule has 4 heteroatoms. The Balaban J connectivity index is 2.52. The molecular weight excluding hydrogens is 188 g/mol. The van der Waals surface area contributed by atoms with E-state index in [1.807, 2.05) is 18.7 Å². The summed E-state index contributed by atoms with van der Waals surface area (Å²) in [6.45, 7) is 8.67. The molecule has 1 aromatic heterocycles. The van der Waals surface area contributed by atoms with Gasteiger partial charge in [0.2, 0.25) is 0 Å². The largest absolute Gasteiger partial charge is 0.174 e. The summed E-state index contributed by atoms with van der Waals surface area (Å²) >= 11 is 3.49. The highest BCUT2D eigenvalue weighted by Crippen LogP contribution is 2.29. The average molecular weight is 202 g/mol. The molecule has 1 heterocycles. The van der Waals surface area contributed by atoms with Gasteiger partial charge in [0.1, 0.15) is 5.01 Å². The Morgan fingerprint density at radius 3 is 2.33 bits per heavy atom. The Hall–Kier alpha value is -0.0900. The van der Waals surface area contributed by atoms with E-state index < -0.39 is 0 Å². The van der Waals surface area contributed by atoms with Gasteiger partial charge in [-0.15, -0.1) is 10.2 Å².